The first-order valence-corrected chi connectivity index (χ1v) is 8.05. The SMILES string of the molecule is COc1ccc(C(C(=O)NCC(=O)Nc2cc(C)on2)C(C)C)cc1. The zero-order chi connectivity index (χ0) is 18.4. The topological polar surface area (TPSA) is 93.5 Å². The summed E-state index contributed by atoms with van der Waals surface area (Å²) in [5, 5.41) is 8.92. The molecule has 1 aromatic carbocycles. The smallest absolute Gasteiger partial charge is 0.245 e. The molecule has 25 heavy (non-hydrogen) atoms. The van der Waals surface area contributed by atoms with Crippen molar-refractivity contribution in [3.63, 3.8) is 0 Å². The van der Waals surface area contributed by atoms with Crippen molar-refractivity contribution < 1.29 is 18.8 Å². The molecule has 2 aromatic rings. The highest BCUT2D eigenvalue weighted by Crippen LogP contribution is 2.26. The van der Waals surface area contributed by atoms with E-state index < -0.39 is 0 Å². The zero-order valence-electron chi connectivity index (χ0n) is 14.8. The number of hydrogen-bond donors (Lipinski definition) is 2. The summed E-state index contributed by atoms with van der Waals surface area (Å²) < 4.78 is 10.0. The number of rotatable bonds is 7. The van der Waals surface area contributed by atoms with Crippen molar-refractivity contribution in [2.24, 2.45) is 5.92 Å². The van der Waals surface area contributed by atoms with Gasteiger partial charge in [0.25, 0.3) is 0 Å². The van der Waals surface area contributed by atoms with Crippen molar-refractivity contribution in [3.05, 3.63) is 41.7 Å². The van der Waals surface area contributed by atoms with Crippen LogP contribution in [0.4, 0.5) is 5.82 Å². The maximum Gasteiger partial charge on any atom is 0.245 e. The lowest BCUT2D eigenvalue weighted by molar-refractivity contribution is -0.126. The molecular formula is C18H23N3O4. The molecule has 1 unspecified atom stereocenters. The standard InChI is InChI=1S/C18H23N3O4/c1-11(2)17(13-5-7-14(24-4)8-6-13)18(23)19-10-16(22)20-15-9-12(3)25-21-15/h5-9,11,17H,10H2,1-4H3,(H,19,23)(H,20,21,22). The van der Waals surface area contributed by atoms with E-state index in [0.29, 0.717) is 11.6 Å². The molecule has 0 spiro atoms. The Hall–Kier alpha value is -2.83. The zero-order valence-corrected chi connectivity index (χ0v) is 14.8. The lowest BCUT2D eigenvalue weighted by Gasteiger charge is -2.20. The minimum atomic E-state index is -0.362. The number of carbonyl (C=O) groups is 2. The van der Waals surface area contributed by atoms with E-state index >= 15 is 0 Å². The summed E-state index contributed by atoms with van der Waals surface area (Å²) in [6, 6.07) is 8.96. The monoisotopic (exact) mass is 345 g/mol. The van der Waals surface area contributed by atoms with Gasteiger partial charge in [0.15, 0.2) is 5.82 Å². The van der Waals surface area contributed by atoms with Crippen molar-refractivity contribution in [1.29, 1.82) is 0 Å². The predicted octanol–water partition coefficient (Wildman–Crippen LogP) is 2.49. The summed E-state index contributed by atoms with van der Waals surface area (Å²) in [4.78, 5) is 24.5. The summed E-state index contributed by atoms with van der Waals surface area (Å²) in [6.45, 7) is 5.52. The molecule has 0 aliphatic heterocycles. The summed E-state index contributed by atoms with van der Waals surface area (Å²) in [6.07, 6.45) is 0. The van der Waals surface area contributed by atoms with Crippen molar-refractivity contribution in [1.82, 2.24) is 10.5 Å². The molecule has 0 radical (unpaired) electrons. The van der Waals surface area contributed by atoms with E-state index in [1.54, 1.807) is 20.1 Å². The Morgan fingerprint density at radius 1 is 1.24 bits per heavy atom. The Kier molecular flexibility index (Phi) is 6.16. The molecule has 1 aromatic heterocycles. The Bertz CT molecular complexity index is 722. The van der Waals surface area contributed by atoms with Gasteiger partial charge in [-0.15, -0.1) is 0 Å². The van der Waals surface area contributed by atoms with Gasteiger partial charge in [0.05, 0.1) is 19.6 Å². The number of ether oxygens (including phenoxy) is 1. The quantitative estimate of drug-likeness (QED) is 0.804. The van der Waals surface area contributed by atoms with Gasteiger partial charge in [-0.05, 0) is 30.5 Å². The van der Waals surface area contributed by atoms with E-state index in [4.69, 9.17) is 9.26 Å². The average molecular weight is 345 g/mol. The number of benzene rings is 1. The van der Waals surface area contributed by atoms with E-state index in [0.717, 1.165) is 11.3 Å². The van der Waals surface area contributed by atoms with Crippen LogP contribution in [0.3, 0.4) is 0 Å². The number of aryl methyl sites for hydroxylation is 1. The van der Waals surface area contributed by atoms with Crippen LogP contribution in [0.25, 0.3) is 0 Å². The Morgan fingerprint density at radius 2 is 1.92 bits per heavy atom. The van der Waals surface area contributed by atoms with Gasteiger partial charge in [-0.3, -0.25) is 9.59 Å². The molecule has 2 N–H and O–H groups in total. The molecular weight excluding hydrogens is 322 g/mol. The van der Waals surface area contributed by atoms with Crippen LogP contribution < -0.4 is 15.4 Å². The van der Waals surface area contributed by atoms with Crippen LogP contribution in [-0.2, 0) is 9.59 Å². The highest BCUT2D eigenvalue weighted by atomic mass is 16.5. The number of hydrogen-bond acceptors (Lipinski definition) is 5. The average Bonchev–Trinajstić information content (AvgIpc) is 2.98. The van der Waals surface area contributed by atoms with Gasteiger partial charge in [-0.25, -0.2) is 0 Å². The number of amides is 2. The van der Waals surface area contributed by atoms with Gasteiger partial charge in [0.2, 0.25) is 11.8 Å². The Morgan fingerprint density at radius 3 is 2.44 bits per heavy atom. The number of carbonyl (C=O) groups excluding carboxylic acids is 2. The van der Waals surface area contributed by atoms with Crippen molar-refractivity contribution in [2.45, 2.75) is 26.7 Å². The molecule has 0 saturated carbocycles. The molecule has 2 rings (SSSR count). The summed E-state index contributed by atoms with van der Waals surface area (Å²) in [7, 11) is 1.59. The first kappa shape index (κ1) is 18.5. The van der Waals surface area contributed by atoms with Crippen molar-refractivity contribution in [2.75, 3.05) is 19.0 Å². The van der Waals surface area contributed by atoms with Gasteiger partial charge < -0.3 is 19.9 Å². The second kappa shape index (κ2) is 8.32. The van der Waals surface area contributed by atoms with E-state index in [2.05, 4.69) is 15.8 Å². The summed E-state index contributed by atoms with van der Waals surface area (Å²) in [5.74, 6) is 0.813. The highest BCUT2D eigenvalue weighted by Gasteiger charge is 2.24. The Labute approximate surface area is 146 Å². The minimum absolute atomic E-state index is 0.0784. The van der Waals surface area contributed by atoms with Gasteiger partial charge >= 0.3 is 0 Å². The van der Waals surface area contributed by atoms with E-state index in [-0.39, 0.29) is 30.2 Å². The number of methoxy groups -OCH3 is 1. The molecule has 0 fully saturated rings. The number of aromatic nitrogens is 1. The molecule has 0 aliphatic carbocycles. The molecule has 0 aliphatic rings. The fourth-order valence-electron chi connectivity index (χ4n) is 2.54. The van der Waals surface area contributed by atoms with Crippen molar-refractivity contribution >= 4 is 17.6 Å². The lowest BCUT2D eigenvalue weighted by atomic mass is 9.87. The molecule has 1 heterocycles. The van der Waals surface area contributed by atoms with Crippen LogP contribution in [-0.4, -0.2) is 30.6 Å². The first-order chi connectivity index (χ1) is 11.9. The molecule has 7 heteroatoms. The van der Waals surface area contributed by atoms with Gasteiger partial charge in [-0.2, -0.15) is 0 Å². The third kappa shape index (κ3) is 5.07. The van der Waals surface area contributed by atoms with Gasteiger partial charge in [0, 0.05) is 6.07 Å². The fourth-order valence-corrected chi connectivity index (χ4v) is 2.54. The molecule has 2 amide bonds. The molecule has 134 valence electrons. The highest BCUT2D eigenvalue weighted by molar-refractivity contribution is 5.95. The fraction of sp³-hybridized carbons (Fsp3) is 0.389. The van der Waals surface area contributed by atoms with Crippen molar-refractivity contribution in [3.8, 4) is 5.75 Å². The van der Waals surface area contributed by atoms with Crippen LogP contribution in [0.2, 0.25) is 0 Å². The second-order valence-electron chi connectivity index (χ2n) is 6.08. The maximum atomic E-state index is 12.5. The molecule has 1 atom stereocenters. The van der Waals surface area contributed by atoms with Crippen LogP contribution >= 0.6 is 0 Å². The first-order valence-electron chi connectivity index (χ1n) is 8.05. The molecule has 0 saturated heterocycles. The van der Waals surface area contributed by atoms with Gasteiger partial charge in [-0.1, -0.05) is 31.1 Å². The maximum absolute atomic E-state index is 12.5. The predicted molar refractivity (Wildman–Crippen MR) is 93.5 cm³/mol. The van der Waals surface area contributed by atoms with Gasteiger partial charge in [0.1, 0.15) is 11.5 Å². The number of nitrogens with one attached hydrogen (secondary N) is 2. The Balaban J connectivity index is 1.96. The molecule has 7 nitrogen and oxygen atoms in total. The normalized spacial score (nSPS) is 11.9. The minimum Gasteiger partial charge on any atom is -0.497 e. The third-order valence-corrected chi connectivity index (χ3v) is 3.74. The van der Waals surface area contributed by atoms with E-state index in [1.165, 1.54) is 0 Å². The van der Waals surface area contributed by atoms with Crippen LogP contribution in [0.15, 0.2) is 34.9 Å². The third-order valence-electron chi connectivity index (χ3n) is 3.74. The number of anilines is 1. The summed E-state index contributed by atoms with van der Waals surface area (Å²) in [5.41, 5.74) is 0.876. The number of nitrogens with zero attached hydrogens (tertiary/aromatic N) is 1. The second-order valence-corrected chi connectivity index (χ2v) is 6.08. The van der Waals surface area contributed by atoms with Crippen LogP contribution in [0, 0.1) is 12.8 Å². The van der Waals surface area contributed by atoms with E-state index in [9.17, 15) is 9.59 Å². The summed E-state index contributed by atoms with van der Waals surface area (Å²) >= 11 is 0. The lowest BCUT2D eigenvalue weighted by Crippen LogP contribution is -2.37. The van der Waals surface area contributed by atoms with Crippen LogP contribution in [0.5, 0.6) is 5.75 Å². The van der Waals surface area contributed by atoms with E-state index in [1.807, 2.05) is 38.1 Å². The largest absolute Gasteiger partial charge is 0.497 e. The van der Waals surface area contributed by atoms with Crippen LogP contribution in [0.1, 0.15) is 31.1 Å². The molecule has 0 bridgehead atoms.